The van der Waals surface area contributed by atoms with E-state index in [0.717, 1.165) is 15.8 Å². The molecule has 0 fully saturated rings. The van der Waals surface area contributed by atoms with Crippen molar-refractivity contribution in [3.63, 3.8) is 0 Å². The first-order valence-electron chi connectivity index (χ1n) is 6.80. The second kappa shape index (κ2) is 6.94. The molecule has 1 amide bonds. The molecule has 0 saturated carbocycles. The molecule has 1 aromatic carbocycles. The number of carbonyl (C=O) groups excluding carboxylic acids is 1. The summed E-state index contributed by atoms with van der Waals surface area (Å²) in [5, 5.41) is 4.08. The van der Waals surface area contributed by atoms with E-state index >= 15 is 0 Å². The van der Waals surface area contributed by atoms with E-state index in [4.69, 9.17) is 4.42 Å². The van der Waals surface area contributed by atoms with Crippen molar-refractivity contribution in [2.24, 2.45) is 0 Å². The maximum absolute atomic E-state index is 12.8. The lowest BCUT2D eigenvalue weighted by Crippen LogP contribution is -2.29. The van der Waals surface area contributed by atoms with Crippen LogP contribution in [0.5, 0.6) is 0 Å². The third-order valence-corrected chi connectivity index (χ3v) is 4.46. The van der Waals surface area contributed by atoms with Gasteiger partial charge in [0.15, 0.2) is 0 Å². The molecular formula is C17H14BrNO2S. The van der Waals surface area contributed by atoms with E-state index in [1.54, 1.807) is 22.5 Å². The van der Waals surface area contributed by atoms with Crippen LogP contribution in [0.15, 0.2) is 68.4 Å². The number of furan rings is 1. The van der Waals surface area contributed by atoms with Crippen LogP contribution in [0.2, 0.25) is 0 Å². The smallest absolute Gasteiger partial charge is 0.254 e. The molecule has 0 bridgehead atoms. The first-order chi connectivity index (χ1) is 10.7. The monoisotopic (exact) mass is 375 g/mol. The lowest BCUT2D eigenvalue weighted by molar-refractivity contribution is 0.0718. The number of benzene rings is 1. The Balaban J connectivity index is 1.85. The number of amides is 1. The summed E-state index contributed by atoms with van der Waals surface area (Å²) >= 11 is 5.04. The van der Waals surface area contributed by atoms with Crippen molar-refractivity contribution < 1.29 is 9.21 Å². The quantitative estimate of drug-likeness (QED) is 0.632. The molecule has 0 unspecified atom stereocenters. The standard InChI is InChI=1S/C17H14BrNO2S/c18-15-4-1-3-14(9-15)17(20)19(10-13-6-8-22-12-13)11-16-5-2-7-21-16/h1-9,12H,10-11H2. The van der Waals surface area contributed by atoms with Crippen molar-refractivity contribution in [3.8, 4) is 0 Å². The van der Waals surface area contributed by atoms with Crippen LogP contribution in [0.3, 0.4) is 0 Å². The summed E-state index contributed by atoms with van der Waals surface area (Å²) in [6.07, 6.45) is 1.63. The second-order valence-corrected chi connectivity index (χ2v) is 6.58. The topological polar surface area (TPSA) is 33.5 Å². The fourth-order valence-electron chi connectivity index (χ4n) is 2.20. The zero-order chi connectivity index (χ0) is 15.4. The summed E-state index contributed by atoms with van der Waals surface area (Å²) in [5.41, 5.74) is 1.79. The summed E-state index contributed by atoms with van der Waals surface area (Å²) in [6, 6.07) is 13.2. The lowest BCUT2D eigenvalue weighted by atomic mass is 10.2. The number of rotatable bonds is 5. The van der Waals surface area contributed by atoms with Gasteiger partial charge in [-0.3, -0.25) is 4.79 Å². The SMILES string of the molecule is O=C(c1cccc(Br)c1)N(Cc1ccsc1)Cc1ccco1. The Morgan fingerprint density at radius 2 is 2.09 bits per heavy atom. The van der Waals surface area contributed by atoms with Crippen LogP contribution in [0.25, 0.3) is 0 Å². The van der Waals surface area contributed by atoms with E-state index in [1.165, 1.54) is 0 Å². The van der Waals surface area contributed by atoms with Crippen molar-refractivity contribution in [3.05, 3.63) is 80.8 Å². The Bertz CT molecular complexity index is 702. The average molecular weight is 376 g/mol. The molecule has 0 radical (unpaired) electrons. The fraction of sp³-hybridized carbons (Fsp3) is 0.118. The molecule has 2 aromatic heterocycles. The van der Waals surface area contributed by atoms with Crippen LogP contribution < -0.4 is 0 Å². The van der Waals surface area contributed by atoms with Gasteiger partial charge in [-0.2, -0.15) is 11.3 Å². The van der Waals surface area contributed by atoms with Crippen LogP contribution in [-0.4, -0.2) is 10.8 Å². The molecule has 0 aliphatic heterocycles. The van der Waals surface area contributed by atoms with Crippen LogP contribution in [0.4, 0.5) is 0 Å². The molecule has 112 valence electrons. The number of hydrogen-bond donors (Lipinski definition) is 0. The second-order valence-electron chi connectivity index (χ2n) is 4.88. The van der Waals surface area contributed by atoms with E-state index in [-0.39, 0.29) is 5.91 Å². The summed E-state index contributed by atoms with van der Waals surface area (Å²) in [5.74, 6) is 0.766. The van der Waals surface area contributed by atoms with Crippen molar-refractivity contribution in [2.45, 2.75) is 13.1 Å². The van der Waals surface area contributed by atoms with Gasteiger partial charge in [-0.05, 0) is 52.7 Å². The zero-order valence-corrected chi connectivity index (χ0v) is 14.1. The zero-order valence-electron chi connectivity index (χ0n) is 11.7. The fourth-order valence-corrected chi connectivity index (χ4v) is 3.26. The van der Waals surface area contributed by atoms with Gasteiger partial charge in [-0.1, -0.05) is 22.0 Å². The van der Waals surface area contributed by atoms with Crippen molar-refractivity contribution in [1.82, 2.24) is 4.90 Å². The third-order valence-electron chi connectivity index (χ3n) is 3.24. The molecule has 2 heterocycles. The van der Waals surface area contributed by atoms with Gasteiger partial charge in [0.05, 0.1) is 12.8 Å². The number of thiophene rings is 1. The highest BCUT2D eigenvalue weighted by Crippen LogP contribution is 2.18. The van der Waals surface area contributed by atoms with E-state index < -0.39 is 0 Å². The van der Waals surface area contributed by atoms with Gasteiger partial charge in [-0.15, -0.1) is 0 Å². The molecule has 3 aromatic rings. The molecule has 3 rings (SSSR count). The molecule has 3 nitrogen and oxygen atoms in total. The Hall–Kier alpha value is -1.85. The summed E-state index contributed by atoms with van der Waals surface area (Å²) in [7, 11) is 0. The summed E-state index contributed by atoms with van der Waals surface area (Å²) in [4.78, 5) is 14.6. The predicted molar refractivity (Wildman–Crippen MR) is 90.7 cm³/mol. The number of nitrogens with zero attached hydrogens (tertiary/aromatic N) is 1. The summed E-state index contributed by atoms with van der Waals surface area (Å²) in [6.45, 7) is 1.02. The third kappa shape index (κ3) is 3.67. The minimum Gasteiger partial charge on any atom is -0.467 e. The molecule has 0 aliphatic carbocycles. The van der Waals surface area contributed by atoms with E-state index in [1.807, 2.05) is 47.8 Å². The first-order valence-corrected chi connectivity index (χ1v) is 8.54. The first kappa shape index (κ1) is 15.1. The van der Waals surface area contributed by atoms with E-state index in [2.05, 4.69) is 21.3 Å². The highest BCUT2D eigenvalue weighted by Gasteiger charge is 2.18. The molecule has 0 aliphatic rings. The molecule has 0 spiro atoms. The largest absolute Gasteiger partial charge is 0.467 e. The van der Waals surface area contributed by atoms with Gasteiger partial charge in [-0.25, -0.2) is 0 Å². The van der Waals surface area contributed by atoms with Crippen LogP contribution in [-0.2, 0) is 13.1 Å². The Morgan fingerprint density at radius 1 is 1.18 bits per heavy atom. The highest BCUT2D eigenvalue weighted by atomic mass is 79.9. The minimum atomic E-state index is -0.0103. The minimum absolute atomic E-state index is 0.0103. The number of halogens is 1. The molecule has 22 heavy (non-hydrogen) atoms. The highest BCUT2D eigenvalue weighted by molar-refractivity contribution is 9.10. The predicted octanol–water partition coefficient (Wildman–Crippen LogP) is 4.95. The Kier molecular flexibility index (Phi) is 4.75. The molecule has 0 N–H and O–H groups in total. The summed E-state index contributed by atoms with van der Waals surface area (Å²) < 4.78 is 6.29. The van der Waals surface area contributed by atoms with E-state index in [0.29, 0.717) is 18.7 Å². The van der Waals surface area contributed by atoms with Gasteiger partial charge in [0.25, 0.3) is 5.91 Å². The van der Waals surface area contributed by atoms with Crippen LogP contribution >= 0.6 is 27.3 Å². The lowest BCUT2D eigenvalue weighted by Gasteiger charge is -2.21. The Labute approximate surface area is 141 Å². The Morgan fingerprint density at radius 3 is 2.77 bits per heavy atom. The maximum Gasteiger partial charge on any atom is 0.254 e. The van der Waals surface area contributed by atoms with Gasteiger partial charge >= 0.3 is 0 Å². The molecule has 0 saturated heterocycles. The number of carbonyl (C=O) groups is 1. The maximum atomic E-state index is 12.8. The van der Waals surface area contributed by atoms with Crippen molar-refractivity contribution in [2.75, 3.05) is 0 Å². The van der Waals surface area contributed by atoms with Gasteiger partial charge in [0.2, 0.25) is 0 Å². The van der Waals surface area contributed by atoms with Crippen LogP contribution in [0.1, 0.15) is 21.7 Å². The van der Waals surface area contributed by atoms with Crippen molar-refractivity contribution >= 4 is 33.2 Å². The van der Waals surface area contributed by atoms with E-state index in [9.17, 15) is 4.79 Å². The van der Waals surface area contributed by atoms with Gasteiger partial charge in [0.1, 0.15) is 5.76 Å². The van der Waals surface area contributed by atoms with Gasteiger partial charge in [0, 0.05) is 16.6 Å². The molecule has 5 heteroatoms. The average Bonchev–Trinajstić information content (AvgIpc) is 3.19. The van der Waals surface area contributed by atoms with Gasteiger partial charge < -0.3 is 9.32 Å². The van der Waals surface area contributed by atoms with Crippen molar-refractivity contribution in [1.29, 1.82) is 0 Å². The van der Waals surface area contributed by atoms with Crippen LogP contribution in [0, 0.1) is 0 Å². The normalized spacial score (nSPS) is 10.6. The number of hydrogen-bond acceptors (Lipinski definition) is 3. The molecular weight excluding hydrogens is 362 g/mol. The molecule has 0 atom stereocenters.